The molecular weight excluding hydrogens is 430 g/mol. The van der Waals surface area contributed by atoms with Crippen LogP contribution in [-0.2, 0) is 16.0 Å². The number of methoxy groups -OCH3 is 1. The van der Waals surface area contributed by atoms with Gasteiger partial charge in [0.15, 0.2) is 0 Å². The van der Waals surface area contributed by atoms with Crippen LogP contribution < -0.4 is 15.4 Å². The van der Waals surface area contributed by atoms with Crippen molar-refractivity contribution in [1.82, 2.24) is 15.5 Å². The van der Waals surface area contributed by atoms with E-state index in [-0.39, 0.29) is 23.8 Å². The minimum atomic E-state index is -0.687. The van der Waals surface area contributed by atoms with Crippen LogP contribution in [0.5, 0.6) is 5.75 Å². The van der Waals surface area contributed by atoms with Crippen molar-refractivity contribution in [3.05, 3.63) is 64.7 Å². The third-order valence-electron chi connectivity index (χ3n) is 5.49. The molecule has 2 aromatic carbocycles. The maximum atomic E-state index is 12.9. The molecule has 7 nitrogen and oxygen atoms in total. The highest BCUT2D eigenvalue weighted by Gasteiger charge is 2.27. The van der Waals surface area contributed by atoms with E-state index in [2.05, 4.69) is 10.6 Å². The van der Waals surface area contributed by atoms with Crippen LogP contribution in [0.4, 0.5) is 0 Å². The molecule has 8 heteroatoms. The van der Waals surface area contributed by atoms with Gasteiger partial charge in [-0.15, -0.1) is 0 Å². The average molecular weight is 458 g/mol. The lowest BCUT2D eigenvalue weighted by atomic mass is 10.0. The molecule has 1 unspecified atom stereocenters. The molecule has 1 aliphatic heterocycles. The number of likely N-dealkylation sites (tertiary alicyclic amines) is 1. The molecule has 2 N–H and O–H groups in total. The quantitative estimate of drug-likeness (QED) is 0.669. The Labute approximate surface area is 193 Å². The lowest BCUT2D eigenvalue weighted by Gasteiger charge is -2.33. The zero-order valence-electron chi connectivity index (χ0n) is 18.3. The zero-order chi connectivity index (χ0) is 23.1. The number of amides is 3. The molecule has 32 heavy (non-hydrogen) atoms. The van der Waals surface area contributed by atoms with Gasteiger partial charge in [-0.3, -0.25) is 14.4 Å². The molecule has 1 aliphatic rings. The van der Waals surface area contributed by atoms with Gasteiger partial charge in [-0.1, -0.05) is 23.7 Å². The van der Waals surface area contributed by atoms with Gasteiger partial charge in [0.2, 0.25) is 11.8 Å². The molecule has 0 aromatic heterocycles. The Hall–Kier alpha value is -3.06. The van der Waals surface area contributed by atoms with Crippen LogP contribution in [-0.4, -0.2) is 54.9 Å². The zero-order valence-corrected chi connectivity index (χ0v) is 19.0. The summed E-state index contributed by atoms with van der Waals surface area (Å²) in [5.41, 5.74) is 1.49. The van der Waals surface area contributed by atoms with Crippen molar-refractivity contribution in [3.8, 4) is 5.75 Å². The van der Waals surface area contributed by atoms with Gasteiger partial charge < -0.3 is 20.3 Å². The van der Waals surface area contributed by atoms with E-state index in [0.717, 1.165) is 5.56 Å². The molecule has 1 fully saturated rings. The molecule has 0 aliphatic carbocycles. The van der Waals surface area contributed by atoms with Gasteiger partial charge in [-0.2, -0.15) is 0 Å². The number of benzene rings is 2. The molecular formula is C24H28ClN3O4. The van der Waals surface area contributed by atoms with E-state index >= 15 is 0 Å². The Kier molecular flexibility index (Phi) is 8.11. The number of rotatable bonds is 7. The predicted octanol–water partition coefficient (Wildman–Crippen LogP) is 2.82. The SMILES string of the molecule is COc1cccc(CC(NC(C)=O)C(=O)NC2CCN(C(=O)c3ccc(Cl)cc3)CC2)c1. The largest absolute Gasteiger partial charge is 0.497 e. The molecule has 3 amide bonds. The average Bonchev–Trinajstić information content (AvgIpc) is 2.79. The van der Waals surface area contributed by atoms with Crippen LogP contribution in [0.25, 0.3) is 0 Å². The first-order chi connectivity index (χ1) is 15.4. The third kappa shape index (κ3) is 6.47. The van der Waals surface area contributed by atoms with Crippen molar-refractivity contribution in [2.45, 2.75) is 38.3 Å². The number of nitrogens with one attached hydrogen (secondary N) is 2. The minimum Gasteiger partial charge on any atom is -0.497 e. The van der Waals surface area contributed by atoms with Crippen LogP contribution >= 0.6 is 11.6 Å². The summed E-state index contributed by atoms with van der Waals surface area (Å²) in [5.74, 6) is 0.157. The van der Waals surface area contributed by atoms with Gasteiger partial charge in [-0.25, -0.2) is 0 Å². The third-order valence-corrected chi connectivity index (χ3v) is 5.74. The first-order valence-electron chi connectivity index (χ1n) is 10.6. The van der Waals surface area contributed by atoms with E-state index in [4.69, 9.17) is 16.3 Å². The Bertz CT molecular complexity index is 956. The van der Waals surface area contributed by atoms with Gasteiger partial charge in [0.05, 0.1) is 7.11 Å². The summed E-state index contributed by atoms with van der Waals surface area (Å²) >= 11 is 5.90. The molecule has 1 saturated heterocycles. The van der Waals surface area contributed by atoms with Crippen molar-refractivity contribution < 1.29 is 19.1 Å². The number of hydrogen-bond acceptors (Lipinski definition) is 4. The van der Waals surface area contributed by atoms with E-state index in [0.29, 0.717) is 48.7 Å². The molecule has 170 valence electrons. The van der Waals surface area contributed by atoms with Crippen molar-refractivity contribution in [1.29, 1.82) is 0 Å². The van der Waals surface area contributed by atoms with Gasteiger partial charge in [-0.05, 0) is 54.8 Å². The molecule has 3 rings (SSSR count). The summed E-state index contributed by atoms with van der Waals surface area (Å²) in [6.45, 7) is 2.49. The monoisotopic (exact) mass is 457 g/mol. The smallest absolute Gasteiger partial charge is 0.253 e. The molecule has 0 spiro atoms. The summed E-state index contributed by atoms with van der Waals surface area (Å²) < 4.78 is 5.24. The topological polar surface area (TPSA) is 87.7 Å². The molecule has 2 aromatic rings. The number of piperidine rings is 1. The fraction of sp³-hybridized carbons (Fsp3) is 0.375. The highest BCUT2D eigenvalue weighted by atomic mass is 35.5. The van der Waals surface area contributed by atoms with Crippen LogP contribution in [0.1, 0.15) is 35.7 Å². The maximum absolute atomic E-state index is 12.9. The van der Waals surface area contributed by atoms with Crippen molar-refractivity contribution in [3.63, 3.8) is 0 Å². The Morgan fingerprint density at radius 2 is 1.81 bits per heavy atom. The Balaban J connectivity index is 1.56. The highest BCUT2D eigenvalue weighted by molar-refractivity contribution is 6.30. The fourth-order valence-corrected chi connectivity index (χ4v) is 3.92. The highest BCUT2D eigenvalue weighted by Crippen LogP contribution is 2.17. The van der Waals surface area contributed by atoms with E-state index in [9.17, 15) is 14.4 Å². The Morgan fingerprint density at radius 1 is 1.12 bits per heavy atom. The number of nitrogens with zero attached hydrogens (tertiary/aromatic N) is 1. The lowest BCUT2D eigenvalue weighted by Crippen LogP contribution is -2.53. The fourth-order valence-electron chi connectivity index (χ4n) is 3.79. The first-order valence-corrected chi connectivity index (χ1v) is 11.0. The number of hydrogen-bond donors (Lipinski definition) is 2. The normalized spacial score (nSPS) is 15.0. The second-order valence-electron chi connectivity index (χ2n) is 7.89. The summed E-state index contributed by atoms with van der Waals surface area (Å²) in [6.07, 6.45) is 1.66. The Morgan fingerprint density at radius 3 is 2.44 bits per heavy atom. The van der Waals surface area contributed by atoms with Crippen LogP contribution in [0.2, 0.25) is 5.02 Å². The number of carbonyl (C=O) groups excluding carboxylic acids is 3. The number of halogens is 1. The second kappa shape index (κ2) is 11.0. The van der Waals surface area contributed by atoms with E-state index in [1.807, 2.05) is 24.3 Å². The van der Waals surface area contributed by atoms with E-state index in [1.54, 1.807) is 36.3 Å². The predicted molar refractivity (Wildman–Crippen MR) is 123 cm³/mol. The molecule has 0 saturated carbocycles. The van der Waals surface area contributed by atoms with Crippen molar-refractivity contribution >= 4 is 29.3 Å². The molecule has 1 atom stereocenters. The van der Waals surface area contributed by atoms with E-state index in [1.165, 1.54) is 6.92 Å². The standard InChI is InChI=1S/C24H28ClN3O4/c1-16(29)26-22(15-17-4-3-5-21(14-17)32-2)23(30)27-20-10-12-28(13-11-20)24(31)18-6-8-19(25)9-7-18/h3-9,14,20,22H,10-13,15H2,1-2H3,(H,26,29)(H,27,30). The van der Waals surface area contributed by atoms with Gasteiger partial charge in [0.1, 0.15) is 11.8 Å². The van der Waals surface area contributed by atoms with Crippen LogP contribution in [0.15, 0.2) is 48.5 Å². The van der Waals surface area contributed by atoms with Crippen LogP contribution in [0, 0.1) is 0 Å². The summed E-state index contributed by atoms with van der Waals surface area (Å²) in [4.78, 5) is 39.0. The van der Waals surface area contributed by atoms with E-state index < -0.39 is 6.04 Å². The van der Waals surface area contributed by atoms with Gasteiger partial charge >= 0.3 is 0 Å². The summed E-state index contributed by atoms with van der Waals surface area (Å²) in [5, 5.41) is 6.37. The van der Waals surface area contributed by atoms with Crippen molar-refractivity contribution in [2.75, 3.05) is 20.2 Å². The minimum absolute atomic E-state index is 0.0411. The lowest BCUT2D eigenvalue weighted by molar-refractivity contribution is -0.128. The molecule has 0 bridgehead atoms. The second-order valence-corrected chi connectivity index (χ2v) is 8.33. The summed E-state index contributed by atoms with van der Waals surface area (Å²) in [7, 11) is 1.58. The number of ether oxygens (including phenoxy) is 1. The van der Waals surface area contributed by atoms with Gasteiger partial charge in [0, 0.05) is 43.1 Å². The molecule has 1 heterocycles. The maximum Gasteiger partial charge on any atom is 0.253 e. The van der Waals surface area contributed by atoms with Gasteiger partial charge in [0.25, 0.3) is 5.91 Å². The number of carbonyl (C=O) groups is 3. The first kappa shape index (κ1) is 23.6. The summed E-state index contributed by atoms with van der Waals surface area (Å²) in [6, 6.07) is 13.5. The van der Waals surface area contributed by atoms with Crippen molar-refractivity contribution in [2.24, 2.45) is 0 Å². The van der Waals surface area contributed by atoms with Crippen LogP contribution in [0.3, 0.4) is 0 Å². The molecule has 0 radical (unpaired) electrons.